The highest BCUT2D eigenvalue weighted by atomic mass is 16.1. The summed E-state index contributed by atoms with van der Waals surface area (Å²) in [5.41, 5.74) is 8.49. The van der Waals surface area contributed by atoms with E-state index < -0.39 is 0 Å². The van der Waals surface area contributed by atoms with Gasteiger partial charge in [0.1, 0.15) is 12.4 Å². The van der Waals surface area contributed by atoms with Crippen molar-refractivity contribution in [1.29, 1.82) is 5.26 Å². The van der Waals surface area contributed by atoms with Crippen molar-refractivity contribution >= 4 is 6.29 Å². The third-order valence-electron chi connectivity index (χ3n) is 3.13. The fourth-order valence-corrected chi connectivity index (χ4v) is 2.44. The molecular weight excluding hydrogens is 176 g/mol. The summed E-state index contributed by atoms with van der Waals surface area (Å²) >= 11 is 0. The Kier molecular flexibility index (Phi) is 2.12. The molecule has 14 heavy (non-hydrogen) atoms. The molecule has 0 aromatic heterocycles. The Balaban J connectivity index is 2.48. The van der Waals surface area contributed by atoms with E-state index in [1.54, 1.807) is 0 Å². The van der Waals surface area contributed by atoms with Crippen molar-refractivity contribution in [2.75, 3.05) is 0 Å². The average molecular weight is 188 g/mol. The van der Waals surface area contributed by atoms with Gasteiger partial charge in [-0.1, -0.05) is 6.42 Å². The molecule has 72 valence electrons. The smallest absolute Gasteiger partial charge is 0.148 e. The minimum Gasteiger partial charge on any atom is -0.397 e. The van der Waals surface area contributed by atoms with Gasteiger partial charge in [0.15, 0.2) is 0 Å². The number of hydrogen-bond acceptors (Lipinski definition) is 3. The monoisotopic (exact) mass is 188 g/mol. The first-order valence-electron chi connectivity index (χ1n) is 4.88. The molecule has 0 aromatic carbocycles. The summed E-state index contributed by atoms with van der Waals surface area (Å²) in [6.07, 6.45) is 4.93. The number of rotatable bonds is 1. The van der Waals surface area contributed by atoms with Crippen LogP contribution in [0.15, 0.2) is 22.4 Å². The summed E-state index contributed by atoms with van der Waals surface area (Å²) < 4.78 is 0. The first kappa shape index (κ1) is 9.01. The quantitative estimate of drug-likeness (QED) is 0.633. The van der Waals surface area contributed by atoms with Crippen LogP contribution in [0.3, 0.4) is 0 Å². The summed E-state index contributed by atoms with van der Waals surface area (Å²) in [7, 11) is 0. The fraction of sp³-hybridized carbons (Fsp3) is 0.455. The zero-order valence-corrected chi connectivity index (χ0v) is 7.92. The Morgan fingerprint density at radius 2 is 2.29 bits per heavy atom. The lowest BCUT2D eigenvalue weighted by molar-refractivity contribution is -0.105. The maximum Gasteiger partial charge on any atom is 0.148 e. The maximum atomic E-state index is 10.9. The molecule has 1 atom stereocenters. The third kappa shape index (κ3) is 1.07. The molecule has 0 spiro atoms. The van der Waals surface area contributed by atoms with Crippen LogP contribution >= 0.6 is 0 Å². The molecule has 0 saturated heterocycles. The lowest BCUT2D eigenvalue weighted by Gasteiger charge is -2.21. The lowest BCUT2D eigenvalue weighted by Crippen LogP contribution is -2.11. The number of hydrogen-bond donors (Lipinski definition) is 1. The summed E-state index contributed by atoms with van der Waals surface area (Å²) in [5, 5.41) is 8.95. The van der Waals surface area contributed by atoms with Crippen LogP contribution in [0.25, 0.3) is 0 Å². The molecule has 0 aliphatic heterocycles. The van der Waals surface area contributed by atoms with Crippen LogP contribution in [0.2, 0.25) is 0 Å². The van der Waals surface area contributed by atoms with Gasteiger partial charge in [0.25, 0.3) is 0 Å². The number of aldehydes is 1. The number of allylic oxidation sites excluding steroid dienone is 3. The van der Waals surface area contributed by atoms with Crippen LogP contribution in [0.5, 0.6) is 0 Å². The van der Waals surface area contributed by atoms with Crippen molar-refractivity contribution in [3.8, 4) is 6.07 Å². The van der Waals surface area contributed by atoms with Gasteiger partial charge in [0.2, 0.25) is 0 Å². The van der Waals surface area contributed by atoms with Gasteiger partial charge >= 0.3 is 0 Å². The normalized spacial score (nSPS) is 26.1. The Labute approximate surface area is 82.9 Å². The van der Waals surface area contributed by atoms with E-state index in [1.165, 1.54) is 0 Å². The van der Waals surface area contributed by atoms with E-state index in [-0.39, 0.29) is 5.92 Å². The number of carbonyl (C=O) groups excluding carboxylic acids is 1. The maximum absolute atomic E-state index is 10.9. The SMILES string of the molecule is N#CC1=C2CCCCC2C(C=O)=C1N. The molecule has 2 rings (SSSR count). The van der Waals surface area contributed by atoms with E-state index >= 15 is 0 Å². The van der Waals surface area contributed by atoms with E-state index in [0.29, 0.717) is 16.8 Å². The minimum atomic E-state index is 0.149. The van der Waals surface area contributed by atoms with E-state index in [2.05, 4.69) is 6.07 Å². The Hall–Kier alpha value is -1.56. The van der Waals surface area contributed by atoms with Gasteiger partial charge in [-0.25, -0.2) is 0 Å². The summed E-state index contributed by atoms with van der Waals surface area (Å²) in [6.45, 7) is 0. The second kappa shape index (κ2) is 3.30. The Morgan fingerprint density at radius 3 is 2.93 bits per heavy atom. The molecule has 1 fully saturated rings. The largest absolute Gasteiger partial charge is 0.397 e. The van der Waals surface area contributed by atoms with Gasteiger partial charge < -0.3 is 5.73 Å². The standard InChI is InChI=1S/C11H12N2O/c12-5-9-7-3-1-2-4-8(7)10(6-14)11(9)13/h6,8H,1-4,13H2. The molecule has 0 heterocycles. The molecule has 0 aromatic rings. The number of nitrogens with zero attached hydrogens (tertiary/aromatic N) is 1. The topological polar surface area (TPSA) is 66.9 Å². The summed E-state index contributed by atoms with van der Waals surface area (Å²) in [4.78, 5) is 10.9. The first-order chi connectivity index (χ1) is 6.79. The Bertz CT molecular complexity index is 385. The molecule has 2 aliphatic carbocycles. The van der Waals surface area contributed by atoms with Crippen molar-refractivity contribution < 1.29 is 4.79 Å². The first-order valence-corrected chi connectivity index (χ1v) is 4.88. The molecule has 1 saturated carbocycles. The predicted octanol–water partition coefficient (Wildman–Crippen LogP) is 1.42. The molecule has 0 radical (unpaired) electrons. The van der Waals surface area contributed by atoms with Crippen molar-refractivity contribution in [3.63, 3.8) is 0 Å². The van der Waals surface area contributed by atoms with E-state index in [0.717, 1.165) is 37.5 Å². The van der Waals surface area contributed by atoms with Crippen molar-refractivity contribution in [2.45, 2.75) is 25.7 Å². The highest BCUT2D eigenvalue weighted by Crippen LogP contribution is 2.42. The highest BCUT2D eigenvalue weighted by molar-refractivity contribution is 5.81. The van der Waals surface area contributed by atoms with Crippen LogP contribution in [0.4, 0.5) is 0 Å². The van der Waals surface area contributed by atoms with Crippen LogP contribution in [-0.2, 0) is 4.79 Å². The fourth-order valence-electron chi connectivity index (χ4n) is 2.44. The number of nitrogens with two attached hydrogens (primary N) is 1. The second-order valence-electron chi connectivity index (χ2n) is 3.80. The molecular formula is C11H12N2O. The van der Waals surface area contributed by atoms with Crippen molar-refractivity contribution in [2.24, 2.45) is 11.7 Å². The van der Waals surface area contributed by atoms with Gasteiger partial charge in [-0.15, -0.1) is 0 Å². The third-order valence-corrected chi connectivity index (χ3v) is 3.13. The second-order valence-corrected chi connectivity index (χ2v) is 3.80. The van der Waals surface area contributed by atoms with Crippen LogP contribution in [-0.4, -0.2) is 6.29 Å². The van der Waals surface area contributed by atoms with E-state index in [1.807, 2.05) is 0 Å². The van der Waals surface area contributed by atoms with Gasteiger partial charge in [-0.2, -0.15) is 5.26 Å². The summed E-state index contributed by atoms with van der Waals surface area (Å²) in [6, 6.07) is 2.12. The summed E-state index contributed by atoms with van der Waals surface area (Å²) in [5.74, 6) is 0.149. The van der Waals surface area contributed by atoms with E-state index in [9.17, 15) is 4.79 Å². The van der Waals surface area contributed by atoms with Crippen molar-refractivity contribution in [1.82, 2.24) is 0 Å². The molecule has 2 N–H and O–H groups in total. The van der Waals surface area contributed by atoms with Crippen molar-refractivity contribution in [3.05, 3.63) is 22.4 Å². The molecule has 3 nitrogen and oxygen atoms in total. The van der Waals surface area contributed by atoms with Crippen LogP contribution in [0, 0.1) is 17.2 Å². The van der Waals surface area contributed by atoms with Gasteiger partial charge in [-0.05, 0) is 24.8 Å². The van der Waals surface area contributed by atoms with E-state index in [4.69, 9.17) is 11.0 Å². The molecule has 0 bridgehead atoms. The predicted molar refractivity (Wildman–Crippen MR) is 51.9 cm³/mol. The molecule has 3 heteroatoms. The molecule has 0 amide bonds. The van der Waals surface area contributed by atoms with Gasteiger partial charge in [-0.3, -0.25) is 4.79 Å². The number of nitriles is 1. The number of carbonyl (C=O) groups is 1. The van der Waals surface area contributed by atoms with Gasteiger partial charge in [0, 0.05) is 11.5 Å². The Morgan fingerprint density at radius 1 is 1.50 bits per heavy atom. The lowest BCUT2D eigenvalue weighted by atomic mass is 9.82. The van der Waals surface area contributed by atoms with Gasteiger partial charge in [0.05, 0.1) is 11.3 Å². The zero-order valence-electron chi connectivity index (χ0n) is 7.92. The molecule has 1 unspecified atom stereocenters. The highest BCUT2D eigenvalue weighted by Gasteiger charge is 2.33. The average Bonchev–Trinajstić information content (AvgIpc) is 2.49. The minimum absolute atomic E-state index is 0.149. The zero-order chi connectivity index (χ0) is 10.1. The van der Waals surface area contributed by atoms with Crippen LogP contribution < -0.4 is 5.73 Å². The van der Waals surface area contributed by atoms with Crippen LogP contribution in [0.1, 0.15) is 25.7 Å². The molecule has 2 aliphatic rings. The number of fused-ring (bicyclic) bond motifs is 1.